The number of nitrogens with two attached hydrogens (primary N) is 1. The Bertz CT molecular complexity index is 620. The molecule has 2 rings (SSSR count). The number of hydrogen-bond donors (Lipinski definition) is 2. The van der Waals surface area contributed by atoms with Crippen LogP contribution in [0.4, 0.5) is 4.39 Å². The molecule has 100 valence electrons. The Morgan fingerprint density at radius 3 is 2.58 bits per heavy atom. The molecule has 2 aromatic rings. The fourth-order valence-corrected chi connectivity index (χ4v) is 1.99. The Labute approximate surface area is 110 Å². The van der Waals surface area contributed by atoms with Crippen LogP contribution in [0.2, 0.25) is 0 Å². The number of rotatable bonds is 4. The lowest BCUT2D eigenvalue weighted by molar-refractivity contribution is 0.627. The summed E-state index contributed by atoms with van der Waals surface area (Å²) in [5, 5.41) is 0. The Hall–Kier alpha value is -2.01. The third-order valence-electron chi connectivity index (χ3n) is 2.95. The zero-order chi connectivity index (χ0) is 13.8. The second-order valence-corrected chi connectivity index (χ2v) is 4.42. The van der Waals surface area contributed by atoms with Gasteiger partial charge >= 0.3 is 0 Å². The minimum atomic E-state index is -0.278. The molecule has 3 N–H and O–H groups in total. The summed E-state index contributed by atoms with van der Waals surface area (Å²) in [5.74, 6) is 0.301. The average molecular weight is 261 g/mol. The standard InChI is InChI=1S/C14H16FN3O/c1-9-12(6-7-16)14(19)18-13(17-9)8-10-2-4-11(15)5-3-10/h2-5H,6-8,16H2,1H3,(H,17,18,19). The molecular formula is C14H16FN3O. The lowest BCUT2D eigenvalue weighted by atomic mass is 10.1. The van der Waals surface area contributed by atoms with E-state index >= 15 is 0 Å². The highest BCUT2D eigenvalue weighted by Gasteiger charge is 2.07. The van der Waals surface area contributed by atoms with Crippen molar-refractivity contribution in [3.63, 3.8) is 0 Å². The van der Waals surface area contributed by atoms with Gasteiger partial charge in [-0.2, -0.15) is 0 Å². The van der Waals surface area contributed by atoms with E-state index in [1.54, 1.807) is 19.1 Å². The first kappa shape index (κ1) is 13.4. The van der Waals surface area contributed by atoms with Gasteiger partial charge in [0, 0.05) is 17.7 Å². The van der Waals surface area contributed by atoms with Crippen LogP contribution >= 0.6 is 0 Å². The summed E-state index contributed by atoms with van der Waals surface area (Å²) in [6, 6.07) is 6.14. The zero-order valence-corrected chi connectivity index (χ0v) is 10.7. The molecular weight excluding hydrogens is 245 g/mol. The van der Waals surface area contributed by atoms with Gasteiger partial charge in [-0.1, -0.05) is 12.1 Å². The van der Waals surface area contributed by atoms with Gasteiger partial charge in [-0.15, -0.1) is 0 Å². The molecule has 0 atom stereocenters. The molecule has 5 heteroatoms. The van der Waals surface area contributed by atoms with Gasteiger partial charge in [-0.3, -0.25) is 4.79 Å². The van der Waals surface area contributed by atoms with Crippen molar-refractivity contribution in [3.8, 4) is 0 Å². The molecule has 0 fully saturated rings. The predicted molar refractivity (Wildman–Crippen MR) is 71.6 cm³/mol. The third kappa shape index (κ3) is 3.26. The molecule has 0 aliphatic rings. The summed E-state index contributed by atoms with van der Waals surface area (Å²) in [4.78, 5) is 19.0. The van der Waals surface area contributed by atoms with Crippen LogP contribution in [0.25, 0.3) is 0 Å². The first-order chi connectivity index (χ1) is 9.10. The summed E-state index contributed by atoms with van der Waals surface area (Å²) in [7, 11) is 0. The Balaban J connectivity index is 2.27. The highest BCUT2D eigenvalue weighted by atomic mass is 19.1. The maximum atomic E-state index is 12.8. The second kappa shape index (κ2) is 5.75. The molecule has 0 bridgehead atoms. The van der Waals surface area contributed by atoms with Gasteiger partial charge in [-0.25, -0.2) is 9.37 Å². The summed E-state index contributed by atoms with van der Waals surface area (Å²) in [6.45, 7) is 2.22. The van der Waals surface area contributed by atoms with Crippen molar-refractivity contribution in [1.29, 1.82) is 0 Å². The number of nitrogens with one attached hydrogen (secondary N) is 1. The highest BCUT2D eigenvalue weighted by molar-refractivity contribution is 5.22. The van der Waals surface area contributed by atoms with E-state index in [9.17, 15) is 9.18 Å². The fourth-order valence-electron chi connectivity index (χ4n) is 1.99. The highest BCUT2D eigenvalue weighted by Crippen LogP contribution is 2.08. The van der Waals surface area contributed by atoms with E-state index in [4.69, 9.17) is 5.73 Å². The molecule has 4 nitrogen and oxygen atoms in total. The molecule has 1 aromatic carbocycles. The molecule has 1 heterocycles. The van der Waals surface area contributed by atoms with E-state index in [0.29, 0.717) is 36.5 Å². The minimum absolute atomic E-state index is 0.143. The van der Waals surface area contributed by atoms with Crippen molar-refractivity contribution >= 4 is 0 Å². The van der Waals surface area contributed by atoms with E-state index in [0.717, 1.165) is 5.56 Å². The van der Waals surface area contributed by atoms with Crippen LogP contribution in [-0.2, 0) is 12.8 Å². The maximum Gasteiger partial charge on any atom is 0.254 e. The first-order valence-electron chi connectivity index (χ1n) is 6.13. The Kier molecular flexibility index (Phi) is 4.06. The lowest BCUT2D eigenvalue weighted by Gasteiger charge is -2.06. The van der Waals surface area contributed by atoms with Crippen molar-refractivity contribution in [3.05, 3.63) is 63.1 Å². The van der Waals surface area contributed by atoms with E-state index in [1.807, 2.05) is 0 Å². The van der Waals surface area contributed by atoms with Crippen LogP contribution in [-0.4, -0.2) is 16.5 Å². The van der Waals surface area contributed by atoms with Crippen LogP contribution in [0.15, 0.2) is 29.1 Å². The molecule has 0 aliphatic carbocycles. The van der Waals surface area contributed by atoms with E-state index in [2.05, 4.69) is 9.97 Å². The minimum Gasteiger partial charge on any atom is -0.330 e. The Morgan fingerprint density at radius 2 is 2.00 bits per heavy atom. The average Bonchev–Trinajstić information content (AvgIpc) is 2.37. The van der Waals surface area contributed by atoms with Crippen LogP contribution in [0, 0.1) is 12.7 Å². The number of H-pyrrole nitrogens is 1. The maximum absolute atomic E-state index is 12.8. The first-order valence-corrected chi connectivity index (χ1v) is 6.13. The van der Waals surface area contributed by atoms with Gasteiger partial charge in [0.25, 0.3) is 5.56 Å². The van der Waals surface area contributed by atoms with Crippen LogP contribution in [0.5, 0.6) is 0 Å². The number of aromatic nitrogens is 2. The second-order valence-electron chi connectivity index (χ2n) is 4.42. The molecule has 0 saturated carbocycles. The largest absolute Gasteiger partial charge is 0.330 e. The summed E-state index contributed by atoms with van der Waals surface area (Å²) < 4.78 is 12.8. The van der Waals surface area contributed by atoms with Gasteiger partial charge in [0.2, 0.25) is 0 Å². The monoisotopic (exact) mass is 261 g/mol. The number of nitrogens with zero attached hydrogens (tertiary/aromatic N) is 1. The molecule has 0 radical (unpaired) electrons. The van der Waals surface area contributed by atoms with E-state index in [1.165, 1.54) is 12.1 Å². The zero-order valence-electron chi connectivity index (χ0n) is 10.7. The number of benzene rings is 1. The molecule has 0 saturated heterocycles. The van der Waals surface area contributed by atoms with Crippen LogP contribution in [0.1, 0.15) is 22.6 Å². The summed E-state index contributed by atoms with van der Waals surface area (Å²) in [5.41, 5.74) is 7.54. The van der Waals surface area contributed by atoms with Crippen molar-refractivity contribution in [2.75, 3.05) is 6.54 Å². The van der Waals surface area contributed by atoms with Crippen molar-refractivity contribution < 1.29 is 4.39 Å². The quantitative estimate of drug-likeness (QED) is 0.871. The van der Waals surface area contributed by atoms with Gasteiger partial charge in [0.05, 0.1) is 0 Å². The number of aryl methyl sites for hydroxylation is 1. The number of halogens is 1. The normalized spacial score (nSPS) is 10.7. The molecule has 19 heavy (non-hydrogen) atoms. The smallest absolute Gasteiger partial charge is 0.254 e. The summed E-state index contributed by atoms with van der Waals surface area (Å²) >= 11 is 0. The van der Waals surface area contributed by atoms with Crippen LogP contribution < -0.4 is 11.3 Å². The molecule has 0 unspecified atom stereocenters. The lowest BCUT2D eigenvalue weighted by Crippen LogP contribution is -2.21. The van der Waals surface area contributed by atoms with Crippen molar-refractivity contribution in [1.82, 2.24) is 9.97 Å². The SMILES string of the molecule is Cc1nc(Cc2ccc(F)cc2)[nH]c(=O)c1CCN. The predicted octanol–water partition coefficient (Wildman–Crippen LogP) is 1.31. The van der Waals surface area contributed by atoms with Crippen molar-refractivity contribution in [2.45, 2.75) is 19.8 Å². The van der Waals surface area contributed by atoms with Gasteiger partial charge in [0.15, 0.2) is 0 Å². The Morgan fingerprint density at radius 1 is 1.32 bits per heavy atom. The molecule has 0 amide bonds. The topological polar surface area (TPSA) is 71.8 Å². The fraction of sp³-hybridized carbons (Fsp3) is 0.286. The summed E-state index contributed by atoms with van der Waals surface area (Å²) in [6.07, 6.45) is 0.990. The van der Waals surface area contributed by atoms with Gasteiger partial charge in [-0.05, 0) is 37.6 Å². The molecule has 0 aliphatic heterocycles. The number of hydrogen-bond acceptors (Lipinski definition) is 3. The van der Waals surface area contributed by atoms with Crippen molar-refractivity contribution in [2.24, 2.45) is 5.73 Å². The van der Waals surface area contributed by atoms with E-state index in [-0.39, 0.29) is 11.4 Å². The molecule has 1 aromatic heterocycles. The molecule has 0 spiro atoms. The van der Waals surface area contributed by atoms with Gasteiger partial charge < -0.3 is 10.7 Å². The van der Waals surface area contributed by atoms with Crippen LogP contribution in [0.3, 0.4) is 0 Å². The third-order valence-corrected chi connectivity index (χ3v) is 2.95. The number of aromatic amines is 1. The van der Waals surface area contributed by atoms with E-state index < -0.39 is 0 Å². The van der Waals surface area contributed by atoms with Gasteiger partial charge in [0.1, 0.15) is 11.6 Å².